The van der Waals surface area contributed by atoms with E-state index in [0.717, 1.165) is 0 Å². The third kappa shape index (κ3) is 4.89. The molecule has 1 aliphatic heterocycles. The Labute approximate surface area is 106 Å². The molecule has 1 amide bonds. The number of carbonyl (C=O) groups excluding carboxylic acids is 1. The van der Waals surface area contributed by atoms with Crippen molar-refractivity contribution in [3.8, 4) is 0 Å². The summed E-state index contributed by atoms with van der Waals surface area (Å²) in [6, 6.07) is -0.0814. The third-order valence-corrected chi connectivity index (χ3v) is 3.03. The number of amides is 1. The number of methoxy groups -OCH3 is 1. The first-order chi connectivity index (χ1) is 8.55. The van der Waals surface area contributed by atoms with Crippen molar-refractivity contribution < 1.29 is 19.4 Å². The number of likely N-dealkylation sites (tertiary alicyclic amines) is 1. The minimum absolute atomic E-state index is 0.0324. The zero-order chi connectivity index (χ0) is 13.5. The summed E-state index contributed by atoms with van der Waals surface area (Å²) >= 11 is 0. The van der Waals surface area contributed by atoms with E-state index in [-0.39, 0.29) is 18.4 Å². The van der Waals surface area contributed by atoms with Crippen LogP contribution in [0.2, 0.25) is 0 Å². The molecular formula is C11H21N3O4. The van der Waals surface area contributed by atoms with Crippen LogP contribution < -0.4 is 11.1 Å². The van der Waals surface area contributed by atoms with Gasteiger partial charge in [0.1, 0.15) is 0 Å². The van der Waals surface area contributed by atoms with Crippen molar-refractivity contribution in [1.29, 1.82) is 0 Å². The van der Waals surface area contributed by atoms with Gasteiger partial charge in [0.15, 0.2) is 0 Å². The first-order valence-electron chi connectivity index (χ1n) is 6.03. The van der Waals surface area contributed by atoms with Gasteiger partial charge in [-0.25, -0.2) is 4.79 Å². The van der Waals surface area contributed by atoms with Crippen LogP contribution in [0, 0.1) is 5.92 Å². The fourth-order valence-corrected chi connectivity index (χ4v) is 2.39. The Bertz CT molecular complexity index is 298. The molecule has 2 atom stereocenters. The van der Waals surface area contributed by atoms with Crippen LogP contribution in [0.15, 0.2) is 0 Å². The van der Waals surface area contributed by atoms with Gasteiger partial charge in [0.2, 0.25) is 0 Å². The number of carbonyl (C=O) groups is 2. The molecule has 7 heteroatoms. The molecule has 1 fully saturated rings. The quantitative estimate of drug-likeness (QED) is 0.613. The van der Waals surface area contributed by atoms with Gasteiger partial charge in [-0.15, -0.1) is 0 Å². The maximum atomic E-state index is 11.2. The number of rotatable bonds is 5. The van der Waals surface area contributed by atoms with E-state index in [0.29, 0.717) is 32.6 Å². The van der Waals surface area contributed by atoms with Crippen molar-refractivity contribution in [2.24, 2.45) is 11.7 Å². The molecule has 0 aromatic heterocycles. The molecule has 0 saturated carbocycles. The highest BCUT2D eigenvalue weighted by Crippen LogP contribution is 2.20. The predicted octanol–water partition coefficient (Wildman–Crippen LogP) is -0.534. The molecule has 1 aliphatic rings. The molecule has 0 bridgehead atoms. The van der Waals surface area contributed by atoms with Gasteiger partial charge in [-0.2, -0.15) is 0 Å². The number of piperidine rings is 1. The van der Waals surface area contributed by atoms with Gasteiger partial charge < -0.3 is 20.9 Å². The maximum absolute atomic E-state index is 11.2. The largest absolute Gasteiger partial charge is 0.481 e. The van der Waals surface area contributed by atoms with Gasteiger partial charge in [-0.3, -0.25) is 9.69 Å². The van der Waals surface area contributed by atoms with E-state index >= 15 is 0 Å². The second-order valence-corrected chi connectivity index (χ2v) is 4.58. The summed E-state index contributed by atoms with van der Waals surface area (Å²) in [5.41, 5.74) is 5.51. The van der Waals surface area contributed by atoms with E-state index in [1.165, 1.54) is 7.11 Å². The summed E-state index contributed by atoms with van der Waals surface area (Å²) in [5.74, 6) is -0.781. The van der Waals surface area contributed by atoms with Crippen molar-refractivity contribution >= 4 is 12.1 Å². The number of nitrogens with zero attached hydrogens (tertiary/aromatic N) is 1. The molecule has 1 saturated heterocycles. The lowest BCUT2D eigenvalue weighted by Gasteiger charge is -2.37. The van der Waals surface area contributed by atoms with Crippen LogP contribution in [-0.4, -0.2) is 61.4 Å². The highest BCUT2D eigenvalue weighted by Gasteiger charge is 2.29. The molecule has 4 N–H and O–H groups in total. The second kappa shape index (κ2) is 7.17. The van der Waals surface area contributed by atoms with Gasteiger partial charge in [-0.05, 0) is 12.3 Å². The lowest BCUT2D eigenvalue weighted by Crippen LogP contribution is -2.52. The van der Waals surface area contributed by atoms with E-state index < -0.39 is 12.1 Å². The summed E-state index contributed by atoms with van der Waals surface area (Å²) in [5, 5.41) is 11.6. The van der Waals surface area contributed by atoms with Crippen molar-refractivity contribution in [1.82, 2.24) is 10.2 Å². The molecule has 0 aliphatic carbocycles. The number of carboxylic acids is 1. The molecule has 7 nitrogen and oxygen atoms in total. The molecule has 1 heterocycles. The molecule has 2 unspecified atom stereocenters. The lowest BCUT2D eigenvalue weighted by molar-refractivity contribution is -0.138. The number of aliphatic carboxylic acids is 1. The van der Waals surface area contributed by atoms with E-state index in [2.05, 4.69) is 15.0 Å². The zero-order valence-electron chi connectivity index (χ0n) is 10.6. The van der Waals surface area contributed by atoms with Crippen LogP contribution in [0.25, 0.3) is 0 Å². The Morgan fingerprint density at radius 1 is 1.50 bits per heavy atom. The molecule has 0 aromatic rings. The van der Waals surface area contributed by atoms with Crippen molar-refractivity contribution in [3.63, 3.8) is 0 Å². The average molecular weight is 259 g/mol. The average Bonchev–Trinajstić information content (AvgIpc) is 2.28. The van der Waals surface area contributed by atoms with E-state index in [9.17, 15) is 9.59 Å². The van der Waals surface area contributed by atoms with Crippen LogP contribution in [-0.2, 0) is 9.53 Å². The third-order valence-electron chi connectivity index (χ3n) is 3.03. The zero-order valence-corrected chi connectivity index (χ0v) is 10.6. The van der Waals surface area contributed by atoms with Crippen LogP contribution in [0.4, 0.5) is 4.79 Å². The fourth-order valence-electron chi connectivity index (χ4n) is 2.39. The van der Waals surface area contributed by atoms with Gasteiger partial charge in [0.25, 0.3) is 0 Å². The van der Waals surface area contributed by atoms with E-state index in [1.807, 2.05) is 0 Å². The highest BCUT2D eigenvalue weighted by molar-refractivity contribution is 5.68. The molecular weight excluding hydrogens is 238 g/mol. The minimum Gasteiger partial charge on any atom is -0.481 e. The van der Waals surface area contributed by atoms with Gasteiger partial charge in [0.05, 0.1) is 7.11 Å². The number of nitrogens with two attached hydrogens (primary N) is 1. The van der Waals surface area contributed by atoms with Crippen LogP contribution in [0.5, 0.6) is 0 Å². The van der Waals surface area contributed by atoms with Crippen LogP contribution >= 0.6 is 0 Å². The summed E-state index contributed by atoms with van der Waals surface area (Å²) in [6.45, 7) is 2.62. The first-order valence-corrected chi connectivity index (χ1v) is 6.03. The smallest absolute Gasteiger partial charge is 0.407 e. The Morgan fingerprint density at radius 3 is 2.78 bits per heavy atom. The summed E-state index contributed by atoms with van der Waals surface area (Å²) in [7, 11) is 1.31. The number of hydrogen-bond acceptors (Lipinski definition) is 5. The highest BCUT2D eigenvalue weighted by atomic mass is 16.5. The minimum atomic E-state index is -0.814. The molecule has 0 spiro atoms. The standard InChI is InChI=1S/C11H21N3O4/c1-18-11(17)13-9-4-8(5-10(15)16)6-14(7-9)3-2-12/h8-9H,2-7,12H2,1H3,(H,13,17)(H,15,16). The molecule has 18 heavy (non-hydrogen) atoms. The Balaban J connectivity index is 2.55. The Hall–Kier alpha value is -1.34. The van der Waals surface area contributed by atoms with Gasteiger partial charge >= 0.3 is 12.1 Å². The second-order valence-electron chi connectivity index (χ2n) is 4.58. The normalized spacial score (nSPS) is 24.6. The molecule has 1 rings (SSSR count). The summed E-state index contributed by atoms with van der Waals surface area (Å²) in [4.78, 5) is 24.0. The summed E-state index contributed by atoms with van der Waals surface area (Å²) in [6.07, 6.45) is 0.284. The monoisotopic (exact) mass is 259 g/mol. The topological polar surface area (TPSA) is 105 Å². The maximum Gasteiger partial charge on any atom is 0.407 e. The van der Waals surface area contributed by atoms with Gasteiger partial charge in [-0.1, -0.05) is 0 Å². The Kier molecular flexibility index (Phi) is 5.87. The number of alkyl carbamates (subject to hydrolysis) is 1. The molecule has 0 radical (unpaired) electrons. The first kappa shape index (κ1) is 14.7. The Morgan fingerprint density at radius 2 is 2.22 bits per heavy atom. The predicted molar refractivity (Wildman–Crippen MR) is 65.2 cm³/mol. The molecule has 104 valence electrons. The van der Waals surface area contributed by atoms with Crippen LogP contribution in [0.1, 0.15) is 12.8 Å². The SMILES string of the molecule is COC(=O)NC1CC(CC(=O)O)CN(CCN)C1. The summed E-state index contributed by atoms with van der Waals surface area (Å²) < 4.78 is 4.55. The number of hydrogen-bond donors (Lipinski definition) is 3. The van der Waals surface area contributed by atoms with Crippen molar-refractivity contribution in [3.05, 3.63) is 0 Å². The number of carboxylic acid groups (broad SMARTS) is 1. The van der Waals surface area contributed by atoms with E-state index in [1.54, 1.807) is 0 Å². The van der Waals surface area contributed by atoms with E-state index in [4.69, 9.17) is 10.8 Å². The van der Waals surface area contributed by atoms with Crippen molar-refractivity contribution in [2.45, 2.75) is 18.9 Å². The van der Waals surface area contributed by atoms with Crippen LogP contribution in [0.3, 0.4) is 0 Å². The number of nitrogens with one attached hydrogen (secondary N) is 1. The molecule has 0 aromatic carbocycles. The van der Waals surface area contributed by atoms with Crippen molar-refractivity contribution in [2.75, 3.05) is 33.3 Å². The lowest BCUT2D eigenvalue weighted by atomic mass is 9.91. The van der Waals surface area contributed by atoms with Gasteiger partial charge in [0, 0.05) is 38.6 Å². The fraction of sp³-hybridized carbons (Fsp3) is 0.818. The number of ether oxygens (including phenoxy) is 1.